The molecule has 15 heteroatoms. The minimum Gasteiger partial charge on any atom is -0.436 e. The molecule has 6 rings (SSSR count). The number of amides is 4. The Bertz CT molecular complexity index is 1470. The summed E-state index contributed by atoms with van der Waals surface area (Å²) in [5.74, 6) is -0.414. The number of halogens is 4. The number of nitrogens with two attached hydrogens (primary N) is 1. The minimum absolute atomic E-state index is 0.0561. The first-order valence-corrected chi connectivity index (χ1v) is 17.9. The third kappa shape index (κ3) is 7.67. The van der Waals surface area contributed by atoms with Crippen LogP contribution in [0, 0.1) is 0 Å². The van der Waals surface area contributed by atoms with Crippen LogP contribution in [-0.2, 0) is 28.7 Å². The van der Waals surface area contributed by atoms with Gasteiger partial charge >= 0.3 is 18.3 Å². The van der Waals surface area contributed by atoms with E-state index in [1.807, 2.05) is 11.4 Å². The molecular weight excluding hydrogens is 701 g/mol. The Morgan fingerprint density at radius 2 is 1.66 bits per heavy atom. The van der Waals surface area contributed by atoms with Crippen molar-refractivity contribution in [1.29, 1.82) is 0 Å². The third-order valence-corrected chi connectivity index (χ3v) is 11.4. The summed E-state index contributed by atoms with van der Waals surface area (Å²) in [5.41, 5.74) is 5.50. The van der Waals surface area contributed by atoms with Gasteiger partial charge in [-0.2, -0.15) is 13.2 Å². The molecule has 1 atom stereocenters. The first kappa shape index (κ1) is 33.8. The molecule has 256 valence electrons. The fourth-order valence-electron chi connectivity index (χ4n) is 7.20. The summed E-state index contributed by atoms with van der Waals surface area (Å²) in [6.07, 6.45) is -0.702. The molecule has 2 aromatic rings. The Kier molecular flexibility index (Phi) is 10.2. The average Bonchev–Trinajstić information content (AvgIpc) is 3.52. The first-order chi connectivity index (χ1) is 22.5. The monoisotopic (exact) mass is 740 g/mol. The predicted octanol–water partition coefficient (Wildman–Crippen LogP) is 6.15. The van der Waals surface area contributed by atoms with Crippen molar-refractivity contribution in [1.82, 2.24) is 19.6 Å². The van der Waals surface area contributed by atoms with E-state index in [2.05, 4.69) is 26.1 Å². The quantitative estimate of drug-likeness (QED) is 0.344. The molecule has 47 heavy (non-hydrogen) atoms. The fourth-order valence-corrected chi connectivity index (χ4v) is 8.51. The van der Waals surface area contributed by atoms with E-state index in [4.69, 9.17) is 10.5 Å². The Labute approximate surface area is 284 Å². The van der Waals surface area contributed by atoms with E-state index in [9.17, 15) is 27.6 Å². The van der Waals surface area contributed by atoms with Gasteiger partial charge in [0.05, 0.1) is 17.8 Å². The summed E-state index contributed by atoms with van der Waals surface area (Å²) in [6.45, 7) is 4.23. The Morgan fingerprint density at radius 3 is 2.34 bits per heavy atom. The number of carbonyl (C=O) groups excluding carboxylic acids is 3. The second kappa shape index (κ2) is 14.2. The van der Waals surface area contributed by atoms with Crippen LogP contribution in [0.4, 0.5) is 33.4 Å². The van der Waals surface area contributed by atoms with Crippen molar-refractivity contribution in [2.24, 2.45) is 0 Å². The summed E-state index contributed by atoms with van der Waals surface area (Å²) in [5, 5.41) is 5.72. The third-order valence-electron chi connectivity index (χ3n) is 9.85. The van der Waals surface area contributed by atoms with Crippen molar-refractivity contribution in [3.63, 3.8) is 0 Å². The van der Waals surface area contributed by atoms with Crippen LogP contribution >= 0.6 is 27.3 Å². The van der Waals surface area contributed by atoms with Crippen LogP contribution in [-0.4, -0.2) is 95.1 Å². The molecule has 0 spiro atoms. The van der Waals surface area contributed by atoms with Gasteiger partial charge in [-0.1, -0.05) is 6.42 Å². The summed E-state index contributed by atoms with van der Waals surface area (Å²) in [6, 6.07) is 4.50. The van der Waals surface area contributed by atoms with Gasteiger partial charge < -0.3 is 30.1 Å². The number of nitrogen functional groups attached to an aromatic ring is 1. The number of alkyl halides is 3. The molecule has 1 aromatic carbocycles. The number of nitrogens with zero attached hydrogens (tertiary/aromatic N) is 4. The molecule has 3 N–H and O–H groups in total. The molecule has 4 aliphatic rings. The van der Waals surface area contributed by atoms with Gasteiger partial charge in [0.25, 0.3) is 5.91 Å². The van der Waals surface area contributed by atoms with Gasteiger partial charge in [0, 0.05) is 54.7 Å². The zero-order valence-corrected chi connectivity index (χ0v) is 28.5. The lowest BCUT2D eigenvalue weighted by Crippen LogP contribution is -2.53. The summed E-state index contributed by atoms with van der Waals surface area (Å²) in [7, 11) is 0. The number of hydrogen-bond donors (Lipinski definition) is 2. The zero-order valence-electron chi connectivity index (χ0n) is 26.1. The molecule has 0 aliphatic carbocycles. The second-order valence-corrected chi connectivity index (χ2v) is 14.6. The predicted molar refractivity (Wildman–Crippen MR) is 176 cm³/mol. The van der Waals surface area contributed by atoms with E-state index < -0.39 is 35.5 Å². The Morgan fingerprint density at radius 1 is 1.00 bits per heavy atom. The molecule has 0 saturated carbocycles. The molecule has 3 fully saturated rings. The number of carbonyl (C=O) groups is 3. The summed E-state index contributed by atoms with van der Waals surface area (Å²) in [4.78, 5) is 47.6. The van der Waals surface area contributed by atoms with Crippen molar-refractivity contribution in [2.45, 2.75) is 82.3 Å². The van der Waals surface area contributed by atoms with Gasteiger partial charge in [-0.3, -0.25) is 10.1 Å². The highest BCUT2D eigenvalue weighted by Gasteiger charge is 2.38. The largest absolute Gasteiger partial charge is 0.436 e. The Balaban J connectivity index is 1.13. The number of fused-ring (bicyclic) bond motifs is 1. The number of urea groups is 1. The number of nitrogens with one attached hydrogen (secondary N) is 1. The maximum atomic E-state index is 13.9. The number of anilines is 2. The van der Waals surface area contributed by atoms with Crippen molar-refractivity contribution < 1.29 is 32.3 Å². The van der Waals surface area contributed by atoms with Gasteiger partial charge in [-0.25, -0.2) is 9.59 Å². The smallest absolute Gasteiger partial charge is 0.418 e. The van der Waals surface area contributed by atoms with E-state index in [0.717, 1.165) is 42.6 Å². The number of likely N-dealkylation sites (tertiary alicyclic amines) is 3. The van der Waals surface area contributed by atoms with Crippen LogP contribution in [0.25, 0.3) is 0 Å². The normalized spacial score (nSPS) is 20.9. The second-order valence-electron chi connectivity index (χ2n) is 12.8. The molecule has 4 aliphatic heterocycles. The highest BCUT2D eigenvalue weighted by Crippen LogP contribution is 2.38. The molecule has 0 radical (unpaired) electrons. The number of ether oxygens (including phenoxy) is 1. The molecular formula is C32H40BrF3N6O4S. The number of piperidine rings is 3. The topological polar surface area (TPSA) is 111 Å². The minimum atomic E-state index is -4.70. The molecule has 10 nitrogen and oxygen atoms in total. The number of hydrogen-bond acceptors (Lipinski definition) is 7. The molecule has 5 heterocycles. The number of benzene rings is 1. The van der Waals surface area contributed by atoms with Crippen molar-refractivity contribution in [2.75, 3.05) is 50.3 Å². The van der Waals surface area contributed by atoms with Crippen molar-refractivity contribution >= 4 is 56.0 Å². The lowest BCUT2D eigenvalue weighted by atomic mass is 9.98. The van der Waals surface area contributed by atoms with Gasteiger partial charge in [-0.15, -0.1) is 11.3 Å². The summed E-state index contributed by atoms with van der Waals surface area (Å²) < 4.78 is 47.3. The lowest BCUT2D eigenvalue weighted by Gasteiger charge is -2.41. The van der Waals surface area contributed by atoms with Crippen LogP contribution < -0.4 is 11.1 Å². The first-order valence-electron chi connectivity index (χ1n) is 16.3. The standard InChI is InChI=1S/C32H40BrF3N6O4S/c33-25-17-20(16-24(27(25)37)32(34,35)36)18-26(29(43)40-11-4-22(5-12-40)39-9-2-1-3-10-39)46-31(45)41-13-6-23(7-14-41)42-19-21-8-15-47-28(21)38-30(42)44/h8,15-17,22-23,26H,1-7,9-14,18-19,37H2,(H,38,44)/t26-/m1/s1. The highest BCUT2D eigenvalue weighted by molar-refractivity contribution is 9.10. The van der Waals surface area contributed by atoms with Crippen molar-refractivity contribution in [3.8, 4) is 0 Å². The maximum Gasteiger partial charge on any atom is 0.418 e. The molecule has 0 unspecified atom stereocenters. The van der Waals surface area contributed by atoms with E-state index in [0.29, 0.717) is 51.6 Å². The van der Waals surface area contributed by atoms with Crippen LogP contribution in [0.2, 0.25) is 0 Å². The van der Waals surface area contributed by atoms with E-state index in [1.165, 1.54) is 41.6 Å². The number of rotatable bonds is 6. The molecule has 0 bridgehead atoms. The fraction of sp³-hybridized carbons (Fsp3) is 0.594. The lowest BCUT2D eigenvalue weighted by molar-refractivity contribution is -0.142. The van der Waals surface area contributed by atoms with E-state index in [1.54, 1.807) is 9.80 Å². The average molecular weight is 742 g/mol. The van der Waals surface area contributed by atoms with Gasteiger partial charge in [0.2, 0.25) is 0 Å². The van der Waals surface area contributed by atoms with E-state index >= 15 is 0 Å². The van der Waals surface area contributed by atoms with Gasteiger partial charge in [-0.05, 0) is 96.7 Å². The van der Waals surface area contributed by atoms with Crippen molar-refractivity contribution in [3.05, 3.63) is 44.7 Å². The molecule has 4 amide bonds. The highest BCUT2D eigenvalue weighted by atomic mass is 79.9. The van der Waals surface area contributed by atoms with Crippen LogP contribution in [0.1, 0.15) is 61.6 Å². The zero-order chi connectivity index (χ0) is 33.3. The molecule has 1 aromatic heterocycles. The van der Waals surface area contributed by atoms with Crippen LogP contribution in [0.3, 0.4) is 0 Å². The van der Waals surface area contributed by atoms with Crippen LogP contribution in [0.15, 0.2) is 28.1 Å². The van der Waals surface area contributed by atoms with E-state index in [-0.39, 0.29) is 28.5 Å². The maximum absolute atomic E-state index is 13.9. The van der Waals surface area contributed by atoms with Crippen LogP contribution in [0.5, 0.6) is 0 Å². The van der Waals surface area contributed by atoms with Gasteiger partial charge in [0.1, 0.15) is 5.00 Å². The summed E-state index contributed by atoms with van der Waals surface area (Å²) >= 11 is 4.61. The Hall–Kier alpha value is -3.04. The molecule has 3 saturated heterocycles. The van der Waals surface area contributed by atoms with Gasteiger partial charge in [0.15, 0.2) is 6.10 Å². The SMILES string of the molecule is Nc1c(Br)cc(C[C@@H](OC(=O)N2CCC(N3Cc4ccsc4NC3=O)CC2)C(=O)N2CCC(N3CCCCC3)CC2)cc1C(F)(F)F. The number of thiophene rings is 1.